The summed E-state index contributed by atoms with van der Waals surface area (Å²) in [6.45, 7) is 2.01. The average Bonchev–Trinajstić information content (AvgIpc) is 2.45. The van der Waals surface area contributed by atoms with Crippen molar-refractivity contribution in [3.8, 4) is 0 Å². The molecule has 0 radical (unpaired) electrons. The average molecular weight is 385 g/mol. The van der Waals surface area contributed by atoms with Gasteiger partial charge >= 0.3 is 5.97 Å². The van der Waals surface area contributed by atoms with Gasteiger partial charge in [-0.05, 0) is 58.3 Å². The number of anilines is 1. The van der Waals surface area contributed by atoms with Crippen molar-refractivity contribution in [2.75, 3.05) is 5.32 Å². The van der Waals surface area contributed by atoms with E-state index in [0.717, 1.165) is 23.4 Å². The molecule has 1 amide bonds. The van der Waals surface area contributed by atoms with Crippen LogP contribution in [0.4, 0.5) is 5.69 Å². The molecule has 0 aliphatic heterocycles. The summed E-state index contributed by atoms with van der Waals surface area (Å²) in [5.41, 5.74) is 1.35. The molecule has 1 aromatic rings. The summed E-state index contributed by atoms with van der Waals surface area (Å²) in [6.07, 6.45) is 4.71. The Balaban J connectivity index is 2.71. The van der Waals surface area contributed by atoms with Crippen LogP contribution < -0.4 is 10.6 Å². The first-order valence-corrected chi connectivity index (χ1v) is 7.94. The molecule has 0 aromatic heterocycles. The van der Waals surface area contributed by atoms with Gasteiger partial charge in [0.25, 0.3) is 0 Å². The molecular weight excluding hydrogens is 368 g/mol. The number of hydrogen-bond acceptors (Lipinski definition) is 3. The standard InChI is InChI=1S/C15H17BrN2O3S/c1-2-3-4-13(19)18-15(22)17-12-9-10(5-7-11(12)16)6-8-14(20)21/h5-9H,2-4H2,1H3,(H,20,21)(H2,17,18,19,22)/b8-6+. The van der Waals surface area contributed by atoms with Crippen LogP contribution in [0, 0.1) is 0 Å². The van der Waals surface area contributed by atoms with Crippen LogP contribution in [0.5, 0.6) is 0 Å². The van der Waals surface area contributed by atoms with Crippen molar-refractivity contribution in [3.05, 3.63) is 34.3 Å². The second-order valence-corrected chi connectivity index (χ2v) is 5.78. The zero-order valence-electron chi connectivity index (χ0n) is 12.1. The van der Waals surface area contributed by atoms with Gasteiger partial charge in [0.05, 0.1) is 5.69 Å². The van der Waals surface area contributed by atoms with E-state index in [4.69, 9.17) is 17.3 Å². The third-order valence-corrected chi connectivity index (χ3v) is 3.56. The summed E-state index contributed by atoms with van der Waals surface area (Å²) in [5.74, 6) is -1.14. The SMILES string of the molecule is CCCCC(=O)NC(=S)Nc1cc(/C=C/C(=O)O)ccc1Br. The van der Waals surface area contributed by atoms with Crippen LogP contribution in [-0.2, 0) is 9.59 Å². The molecule has 0 saturated carbocycles. The van der Waals surface area contributed by atoms with Crippen molar-refractivity contribution < 1.29 is 14.7 Å². The number of aliphatic carboxylic acids is 1. The van der Waals surface area contributed by atoms with E-state index in [0.29, 0.717) is 17.7 Å². The van der Waals surface area contributed by atoms with Gasteiger partial charge in [-0.1, -0.05) is 19.4 Å². The van der Waals surface area contributed by atoms with Crippen molar-refractivity contribution in [2.45, 2.75) is 26.2 Å². The van der Waals surface area contributed by atoms with Crippen molar-refractivity contribution >= 4 is 56.9 Å². The van der Waals surface area contributed by atoms with Gasteiger partial charge in [0, 0.05) is 17.0 Å². The molecule has 0 spiro atoms. The van der Waals surface area contributed by atoms with Crippen molar-refractivity contribution in [1.82, 2.24) is 5.32 Å². The lowest BCUT2D eigenvalue weighted by molar-refractivity contribution is -0.131. The van der Waals surface area contributed by atoms with Crippen molar-refractivity contribution in [3.63, 3.8) is 0 Å². The zero-order chi connectivity index (χ0) is 16.5. The lowest BCUT2D eigenvalue weighted by Gasteiger charge is -2.11. The number of carbonyl (C=O) groups excluding carboxylic acids is 1. The predicted octanol–water partition coefficient (Wildman–Crippen LogP) is 3.55. The molecule has 0 fully saturated rings. The number of halogens is 1. The molecule has 5 nitrogen and oxygen atoms in total. The Morgan fingerprint density at radius 1 is 1.41 bits per heavy atom. The van der Waals surface area contributed by atoms with Crippen LogP contribution in [0.15, 0.2) is 28.7 Å². The molecular formula is C15H17BrN2O3S. The molecule has 0 unspecified atom stereocenters. The molecule has 0 atom stereocenters. The normalized spacial score (nSPS) is 10.5. The Morgan fingerprint density at radius 2 is 2.14 bits per heavy atom. The number of thiocarbonyl (C=S) groups is 1. The quantitative estimate of drug-likeness (QED) is 0.516. The number of carboxylic acids is 1. The van der Waals surface area contributed by atoms with E-state index in [1.807, 2.05) is 6.92 Å². The number of carboxylic acid groups (broad SMARTS) is 1. The Labute approximate surface area is 142 Å². The van der Waals surface area contributed by atoms with Crippen LogP contribution in [0.25, 0.3) is 6.08 Å². The molecule has 0 bridgehead atoms. The largest absolute Gasteiger partial charge is 0.478 e. The molecule has 0 aliphatic rings. The van der Waals surface area contributed by atoms with Crippen LogP contribution in [0.3, 0.4) is 0 Å². The number of amides is 1. The summed E-state index contributed by atoms with van der Waals surface area (Å²) < 4.78 is 0.755. The molecule has 118 valence electrons. The maximum Gasteiger partial charge on any atom is 0.328 e. The van der Waals surface area contributed by atoms with Gasteiger partial charge in [0.15, 0.2) is 5.11 Å². The predicted molar refractivity (Wildman–Crippen MR) is 94.7 cm³/mol. The van der Waals surface area contributed by atoms with Gasteiger partial charge in [0.2, 0.25) is 5.91 Å². The van der Waals surface area contributed by atoms with Crippen molar-refractivity contribution in [2.24, 2.45) is 0 Å². The summed E-state index contributed by atoms with van der Waals surface area (Å²) in [5, 5.41) is 14.4. The smallest absolute Gasteiger partial charge is 0.328 e. The molecule has 1 rings (SSSR count). The minimum Gasteiger partial charge on any atom is -0.478 e. The van der Waals surface area contributed by atoms with Gasteiger partial charge in [-0.3, -0.25) is 4.79 Å². The van der Waals surface area contributed by atoms with E-state index < -0.39 is 5.97 Å². The molecule has 0 heterocycles. The molecule has 3 N–H and O–H groups in total. The molecule has 0 saturated heterocycles. The topological polar surface area (TPSA) is 78.4 Å². The highest BCUT2D eigenvalue weighted by atomic mass is 79.9. The third-order valence-electron chi connectivity index (χ3n) is 2.67. The molecule has 1 aromatic carbocycles. The van der Waals surface area contributed by atoms with Gasteiger partial charge in [0.1, 0.15) is 0 Å². The fourth-order valence-electron chi connectivity index (χ4n) is 1.59. The fraction of sp³-hybridized carbons (Fsp3) is 0.267. The number of unbranched alkanes of at least 4 members (excludes halogenated alkanes) is 1. The number of carbonyl (C=O) groups is 2. The highest BCUT2D eigenvalue weighted by Gasteiger charge is 2.07. The van der Waals surface area contributed by atoms with Gasteiger partial charge in [-0.2, -0.15) is 0 Å². The number of rotatable bonds is 6. The van der Waals surface area contributed by atoms with E-state index in [-0.39, 0.29) is 11.0 Å². The second kappa shape index (κ2) is 9.32. The summed E-state index contributed by atoms with van der Waals surface area (Å²) >= 11 is 8.47. The zero-order valence-corrected chi connectivity index (χ0v) is 14.5. The minimum absolute atomic E-state index is 0.127. The van der Waals surface area contributed by atoms with Crippen LogP contribution in [0.1, 0.15) is 31.7 Å². The number of hydrogen-bond donors (Lipinski definition) is 3. The third kappa shape index (κ3) is 6.82. The van der Waals surface area contributed by atoms with Crippen LogP contribution in [-0.4, -0.2) is 22.1 Å². The van der Waals surface area contributed by atoms with Crippen molar-refractivity contribution in [1.29, 1.82) is 0 Å². The Hall–Kier alpha value is -1.73. The van der Waals surface area contributed by atoms with Crippen LogP contribution in [0.2, 0.25) is 0 Å². The maximum absolute atomic E-state index is 11.6. The first-order valence-electron chi connectivity index (χ1n) is 6.73. The van der Waals surface area contributed by atoms with E-state index in [1.54, 1.807) is 18.2 Å². The summed E-state index contributed by atoms with van der Waals surface area (Å²) in [6, 6.07) is 5.26. The summed E-state index contributed by atoms with van der Waals surface area (Å²) in [7, 11) is 0. The number of nitrogens with one attached hydrogen (secondary N) is 2. The van der Waals surface area contributed by atoms with Gasteiger partial charge in [-0.15, -0.1) is 0 Å². The summed E-state index contributed by atoms with van der Waals surface area (Å²) in [4.78, 5) is 22.1. The van der Waals surface area contributed by atoms with Gasteiger partial charge < -0.3 is 15.7 Å². The van der Waals surface area contributed by atoms with E-state index in [1.165, 1.54) is 6.08 Å². The first-order chi connectivity index (χ1) is 10.4. The van der Waals surface area contributed by atoms with E-state index in [9.17, 15) is 9.59 Å². The fourth-order valence-corrected chi connectivity index (χ4v) is 2.16. The van der Waals surface area contributed by atoms with Gasteiger partial charge in [-0.25, -0.2) is 4.79 Å². The monoisotopic (exact) mass is 384 g/mol. The molecule has 7 heteroatoms. The molecule has 0 aliphatic carbocycles. The molecule has 22 heavy (non-hydrogen) atoms. The van der Waals surface area contributed by atoms with Crippen LogP contribution >= 0.6 is 28.1 Å². The Kier molecular flexibility index (Phi) is 7.76. The Morgan fingerprint density at radius 3 is 2.77 bits per heavy atom. The first kappa shape index (κ1) is 18.3. The van der Waals surface area contributed by atoms with E-state index >= 15 is 0 Å². The highest BCUT2D eigenvalue weighted by molar-refractivity contribution is 9.10. The van der Waals surface area contributed by atoms with E-state index in [2.05, 4.69) is 26.6 Å². The maximum atomic E-state index is 11.6. The second-order valence-electron chi connectivity index (χ2n) is 4.52. The lowest BCUT2D eigenvalue weighted by atomic mass is 10.2. The highest BCUT2D eigenvalue weighted by Crippen LogP contribution is 2.24. The Bertz CT molecular complexity index is 602. The number of benzene rings is 1. The minimum atomic E-state index is -1.02. The lowest BCUT2D eigenvalue weighted by Crippen LogP contribution is -2.34.